The van der Waals surface area contributed by atoms with Crippen molar-refractivity contribution < 1.29 is 23.3 Å². The van der Waals surface area contributed by atoms with E-state index in [4.69, 9.17) is 9.84 Å². The minimum absolute atomic E-state index is 0.0526. The van der Waals surface area contributed by atoms with Gasteiger partial charge in [0, 0.05) is 22.0 Å². The lowest BCUT2D eigenvalue weighted by Crippen LogP contribution is -2.56. The van der Waals surface area contributed by atoms with Crippen molar-refractivity contribution in [3.05, 3.63) is 76.9 Å². The van der Waals surface area contributed by atoms with Crippen molar-refractivity contribution >= 4 is 131 Å². The average Bonchev–Trinajstić information content (AvgIpc) is 3.69. The molecule has 0 spiro atoms. The molecule has 0 atom stereocenters. The molecule has 2 aliphatic rings. The molecule has 200 valence electrons. The van der Waals surface area contributed by atoms with E-state index in [1.807, 2.05) is 36.4 Å². The van der Waals surface area contributed by atoms with Gasteiger partial charge < -0.3 is 27.4 Å². The first-order valence-electron chi connectivity index (χ1n) is 12.0. The zero-order valence-electron chi connectivity index (χ0n) is 19.9. The molecule has 0 radical (unpaired) electrons. The lowest BCUT2D eigenvalue weighted by molar-refractivity contribution is -0.137. The number of carbonyl (C=O) groups is 1. The van der Waals surface area contributed by atoms with E-state index in [-0.39, 0.29) is 13.0 Å². The number of aromatic nitrogens is 1. The Morgan fingerprint density at radius 3 is 2.40 bits per heavy atom. The first-order chi connectivity index (χ1) is 19.2. The molecule has 8 rings (SSSR count). The maximum atomic E-state index is 17.0. The lowest BCUT2D eigenvalue weighted by atomic mass is 9.86. The average molecular weight is 738 g/mol. The van der Waals surface area contributed by atoms with E-state index >= 15 is 8.63 Å². The second-order valence-electron chi connectivity index (χ2n) is 9.40. The number of hydrogen-bond donors (Lipinski definition) is 1. The van der Waals surface area contributed by atoms with E-state index in [9.17, 15) is 4.79 Å². The SMILES string of the molecule is O=C(O)CCOc1ccc(C2=C3C=c4sc5cc(Br)sc5c4=[N+]3[B-](F)(F)n3c2cc2sc4cc(Br)sc4c23)cc1. The van der Waals surface area contributed by atoms with Crippen LogP contribution < -0.4 is 19.1 Å². The van der Waals surface area contributed by atoms with E-state index in [0.717, 1.165) is 46.7 Å². The highest BCUT2D eigenvalue weighted by Crippen LogP contribution is 2.48. The highest BCUT2D eigenvalue weighted by atomic mass is 79.9. The topological polar surface area (TPSA) is 54.5 Å². The highest BCUT2D eigenvalue weighted by molar-refractivity contribution is 9.11. The molecule has 6 aromatic rings. The zero-order valence-corrected chi connectivity index (χ0v) is 26.4. The number of aliphatic carboxylic acids is 1. The molecule has 40 heavy (non-hydrogen) atoms. The number of ether oxygens (including phenoxy) is 1. The molecule has 7 heterocycles. The Bertz CT molecular complexity index is 2240. The normalized spacial score (nSPS) is 15.7. The van der Waals surface area contributed by atoms with Crippen LogP contribution in [0.25, 0.3) is 40.7 Å². The summed E-state index contributed by atoms with van der Waals surface area (Å²) >= 11 is 13.1. The summed E-state index contributed by atoms with van der Waals surface area (Å²) in [7, 11) is 0. The van der Waals surface area contributed by atoms with Crippen molar-refractivity contribution in [1.29, 1.82) is 0 Å². The third-order valence-electron chi connectivity index (χ3n) is 7.07. The van der Waals surface area contributed by atoms with E-state index in [2.05, 4.69) is 31.9 Å². The van der Waals surface area contributed by atoms with E-state index in [1.54, 1.807) is 12.1 Å². The van der Waals surface area contributed by atoms with Gasteiger partial charge in [0.05, 0.1) is 40.3 Å². The zero-order chi connectivity index (χ0) is 27.5. The predicted molar refractivity (Wildman–Crippen MR) is 169 cm³/mol. The van der Waals surface area contributed by atoms with Gasteiger partial charge in [-0.05, 0) is 67.8 Å². The number of thiophene rings is 4. The van der Waals surface area contributed by atoms with Crippen molar-refractivity contribution in [2.75, 3.05) is 6.61 Å². The Balaban J connectivity index is 1.42. The molecular weight excluding hydrogens is 725 g/mol. The molecule has 0 saturated carbocycles. The van der Waals surface area contributed by atoms with Gasteiger partial charge in [-0.25, -0.2) is 0 Å². The molecule has 0 amide bonds. The molecule has 0 unspecified atom stereocenters. The maximum absolute atomic E-state index is 17.0. The summed E-state index contributed by atoms with van der Waals surface area (Å²) in [6.07, 6.45) is 1.79. The van der Waals surface area contributed by atoms with Crippen LogP contribution in [0, 0.1) is 0 Å². The van der Waals surface area contributed by atoms with Crippen molar-refractivity contribution in [3.63, 3.8) is 0 Å². The number of carboxylic acid groups (broad SMARTS) is 1. The fourth-order valence-corrected chi connectivity index (χ4v) is 11.9. The lowest BCUT2D eigenvalue weighted by Gasteiger charge is -2.31. The van der Waals surface area contributed by atoms with Crippen LogP contribution in [0.4, 0.5) is 8.63 Å². The van der Waals surface area contributed by atoms with E-state index < -0.39 is 12.9 Å². The number of allylic oxidation sites excluding steroid dienone is 1. The predicted octanol–water partition coefficient (Wildman–Crippen LogP) is 7.55. The Morgan fingerprint density at radius 1 is 0.975 bits per heavy atom. The van der Waals surface area contributed by atoms with Crippen molar-refractivity contribution in [2.45, 2.75) is 6.42 Å². The van der Waals surface area contributed by atoms with Gasteiger partial charge in [0.25, 0.3) is 0 Å². The van der Waals surface area contributed by atoms with Gasteiger partial charge in [-0.1, -0.05) is 12.1 Å². The first kappa shape index (κ1) is 25.4. The number of rotatable bonds is 5. The Hall–Kier alpha value is -2.36. The maximum Gasteiger partial charge on any atom is 0.738 e. The molecule has 0 fully saturated rings. The standard InChI is InChI=1S/C26H13BBr2F2N2O3S4/c28-19-9-17-25(39-19)23-15(37-17)7-13-22(11-1-3-12(4-2-11)36-6-5-21(34)35)14-8-16-24(33(14)27(30,31)32(13)23)26-18(38-16)10-20(29)40-26/h1-4,7-10H,5-6H2,(H,34,35). The minimum Gasteiger partial charge on any atom is -0.493 e. The van der Waals surface area contributed by atoms with Crippen LogP contribution in [0.5, 0.6) is 5.75 Å². The van der Waals surface area contributed by atoms with E-state index in [1.165, 1.54) is 54.3 Å². The number of benzene rings is 1. The van der Waals surface area contributed by atoms with Crippen LogP contribution in [-0.2, 0) is 4.79 Å². The number of carboxylic acids is 1. The summed E-state index contributed by atoms with van der Waals surface area (Å²) in [5.74, 6) is -0.406. The molecular formula is C26H13BBr2F2N2O3S4. The number of nitrogens with zero attached hydrogens (tertiary/aromatic N) is 2. The summed E-state index contributed by atoms with van der Waals surface area (Å²) in [5.41, 5.74) is 3.04. The summed E-state index contributed by atoms with van der Waals surface area (Å²) < 4.78 is 49.3. The monoisotopic (exact) mass is 736 g/mol. The molecule has 0 saturated heterocycles. The van der Waals surface area contributed by atoms with Crippen LogP contribution in [0.2, 0.25) is 0 Å². The summed E-state index contributed by atoms with van der Waals surface area (Å²) in [4.78, 5) is 10.9. The Kier molecular flexibility index (Phi) is 5.59. The molecule has 1 N–H and O–H groups in total. The second-order valence-corrected chi connectivity index (χ2v) is 16.4. The van der Waals surface area contributed by atoms with Gasteiger partial charge in [0.15, 0.2) is 11.1 Å². The van der Waals surface area contributed by atoms with E-state index in [0.29, 0.717) is 28.0 Å². The van der Waals surface area contributed by atoms with Gasteiger partial charge in [0.1, 0.15) is 15.0 Å². The van der Waals surface area contributed by atoms with Crippen LogP contribution in [0.1, 0.15) is 17.7 Å². The minimum atomic E-state index is -4.22. The van der Waals surface area contributed by atoms with Crippen LogP contribution in [0.3, 0.4) is 0 Å². The number of hydrogen-bond acceptors (Lipinski definition) is 6. The van der Waals surface area contributed by atoms with Gasteiger partial charge >= 0.3 is 12.9 Å². The number of halogens is 4. The van der Waals surface area contributed by atoms with Crippen LogP contribution >= 0.6 is 77.2 Å². The molecule has 5 nitrogen and oxygen atoms in total. The molecule has 0 bridgehead atoms. The van der Waals surface area contributed by atoms with Gasteiger partial charge in [0.2, 0.25) is 0 Å². The van der Waals surface area contributed by atoms with Crippen molar-refractivity contribution in [2.24, 2.45) is 0 Å². The van der Waals surface area contributed by atoms with Gasteiger partial charge in [-0.3, -0.25) is 4.79 Å². The van der Waals surface area contributed by atoms with Gasteiger partial charge in [-0.2, -0.15) is 0 Å². The quantitative estimate of drug-likeness (QED) is 0.186. The molecule has 1 aromatic carbocycles. The van der Waals surface area contributed by atoms with Crippen LogP contribution in [0.15, 0.2) is 55.7 Å². The molecule has 2 aliphatic heterocycles. The smallest absolute Gasteiger partial charge is 0.493 e. The van der Waals surface area contributed by atoms with Crippen molar-refractivity contribution in [1.82, 2.24) is 8.96 Å². The Morgan fingerprint density at radius 2 is 1.68 bits per heavy atom. The fourth-order valence-electron chi connectivity index (χ4n) is 5.56. The number of fused-ring (bicyclic) bond motifs is 9. The molecule has 14 heteroatoms. The Labute approximate surface area is 256 Å². The second kappa shape index (κ2) is 8.82. The van der Waals surface area contributed by atoms with Gasteiger partial charge in [-0.15, -0.1) is 45.3 Å². The largest absolute Gasteiger partial charge is 0.738 e. The summed E-state index contributed by atoms with van der Waals surface area (Å²) in [6.45, 7) is -4.17. The third kappa shape index (κ3) is 3.56. The van der Waals surface area contributed by atoms with Crippen LogP contribution in [-0.4, -0.2) is 29.1 Å². The third-order valence-corrected chi connectivity index (χ3v) is 12.8. The van der Waals surface area contributed by atoms with Crippen molar-refractivity contribution in [3.8, 4) is 5.75 Å². The summed E-state index contributed by atoms with van der Waals surface area (Å²) in [5, 5.41) is 9.47. The highest BCUT2D eigenvalue weighted by Gasteiger charge is 2.54. The molecule has 5 aromatic heterocycles. The fraction of sp³-hybridized carbons (Fsp3) is 0.0769. The molecule has 0 aliphatic carbocycles. The first-order valence-corrected chi connectivity index (χ1v) is 16.9. The summed E-state index contributed by atoms with van der Waals surface area (Å²) in [6, 6.07) is 13.1.